The van der Waals surface area contributed by atoms with Gasteiger partial charge in [0.2, 0.25) is 0 Å². The number of benzene rings is 1. The van der Waals surface area contributed by atoms with E-state index >= 15 is 0 Å². The number of hydrogen-bond donors (Lipinski definition) is 0. The Balaban J connectivity index is 2.08. The summed E-state index contributed by atoms with van der Waals surface area (Å²) in [4.78, 5) is 9.04. The first-order chi connectivity index (χ1) is 10.2. The molecule has 1 fully saturated rings. The van der Waals surface area contributed by atoms with Crippen LogP contribution >= 0.6 is 0 Å². The molecule has 1 aromatic heterocycles. The van der Waals surface area contributed by atoms with Crippen molar-refractivity contribution < 1.29 is 0 Å². The number of anilines is 1. The van der Waals surface area contributed by atoms with Crippen LogP contribution in [0.3, 0.4) is 0 Å². The van der Waals surface area contributed by atoms with Crippen LogP contribution in [-0.2, 0) is 0 Å². The van der Waals surface area contributed by atoms with E-state index in [2.05, 4.69) is 41.0 Å². The van der Waals surface area contributed by atoms with Gasteiger partial charge in [0.15, 0.2) is 0 Å². The highest BCUT2D eigenvalue weighted by Crippen LogP contribution is 2.31. The lowest BCUT2D eigenvalue weighted by atomic mass is 10.0. The monoisotopic (exact) mass is 280 g/mol. The van der Waals surface area contributed by atoms with Gasteiger partial charge in [-0.05, 0) is 33.0 Å². The van der Waals surface area contributed by atoms with Gasteiger partial charge in [-0.15, -0.1) is 0 Å². The molecule has 0 amide bonds. The largest absolute Gasteiger partial charge is 0.368 e. The number of hydrogen-bond acceptors (Lipinski definition) is 4. The normalized spacial score (nSPS) is 19.0. The van der Waals surface area contributed by atoms with E-state index in [0.29, 0.717) is 11.6 Å². The Bertz CT molecular complexity index is 687. The summed E-state index contributed by atoms with van der Waals surface area (Å²) in [6.07, 6.45) is 4.08. The number of nitrogens with zero attached hydrogens (tertiary/aromatic N) is 4. The number of nitriles is 1. The quantitative estimate of drug-likeness (QED) is 0.848. The van der Waals surface area contributed by atoms with E-state index in [-0.39, 0.29) is 0 Å². The molecule has 0 spiro atoms. The molecule has 4 nitrogen and oxygen atoms in total. The molecular formula is C17H20N4. The summed E-state index contributed by atoms with van der Waals surface area (Å²) in [7, 11) is 4.26. The number of para-hydroxylation sites is 1. The van der Waals surface area contributed by atoms with Gasteiger partial charge in [-0.25, -0.2) is 0 Å². The minimum absolute atomic E-state index is 0.539. The smallest absolute Gasteiger partial charge is 0.103 e. The summed E-state index contributed by atoms with van der Waals surface area (Å²) in [6, 6.07) is 10.9. The minimum atomic E-state index is 0.539. The van der Waals surface area contributed by atoms with Crippen molar-refractivity contribution in [3.05, 3.63) is 36.0 Å². The lowest BCUT2D eigenvalue weighted by molar-refractivity contribution is 0.258. The Morgan fingerprint density at radius 3 is 2.90 bits per heavy atom. The highest BCUT2D eigenvalue weighted by molar-refractivity contribution is 5.94. The maximum Gasteiger partial charge on any atom is 0.103 e. The Kier molecular flexibility index (Phi) is 3.76. The van der Waals surface area contributed by atoms with Gasteiger partial charge in [-0.1, -0.05) is 18.2 Å². The molecule has 21 heavy (non-hydrogen) atoms. The van der Waals surface area contributed by atoms with Crippen LogP contribution in [0.1, 0.15) is 18.4 Å². The lowest BCUT2D eigenvalue weighted by Crippen LogP contribution is -2.45. The molecule has 1 saturated heterocycles. The predicted octanol–water partition coefficient (Wildman–Crippen LogP) is 2.64. The van der Waals surface area contributed by atoms with Gasteiger partial charge in [-0.3, -0.25) is 4.98 Å². The molecular weight excluding hydrogens is 260 g/mol. The average molecular weight is 280 g/mol. The fourth-order valence-corrected chi connectivity index (χ4v) is 3.13. The molecule has 108 valence electrons. The summed E-state index contributed by atoms with van der Waals surface area (Å²) in [5, 5.41) is 10.5. The van der Waals surface area contributed by atoms with E-state index in [9.17, 15) is 5.26 Å². The van der Waals surface area contributed by atoms with Gasteiger partial charge in [0.25, 0.3) is 0 Å². The van der Waals surface area contributed by atoms with Crippen molar-refractivity contribution in [2.75, 3.05) is 32.1 Å². The Morgan fingerprint density at radius 2 is 2.14 bits per heavy atom. The first kappa shape index (κ1) is 13.8. The van der Waals surface area contributed by atoms with Crippen LogP contribution in [0, 0.1) is 11.3 Å². The molecule has 1 aliphatic heterocycles. The molecule has 1 aliphatic rings. The summed E-state index contributed by atoms with van der Waals surface area (Å²) in [5.41, 5.74) is 2.68. The van der Waals surface area contributed by atoms with Crippen molar-refractivity contribution in [2.24, 2.45) is 0 Å². The fraction of sp³-hybridized carbons (Fsp3) is 0.412. The van der Waals surface area contributed by atoms with Crippen LogP contribution < -0.4 is 4.90 Å². The van der Waals surface area contributed by atoms with Crippen molar-refractivity contribution in [3.63, 3.8) is 0 Å². The maximum atomic E-state index is 9.46. The topological polar surface area (TPSA) is 43.2 Å². The Labute approximate surface area is 125 Å². The van der Waals surface area contributed by atoms with Gasteiger partial charge in [0.1, 0.15) is 6.07 Å². The highest BCUT2D eigenvalue weighted by atomic mass is 15.2. The van der Waals surface area contributed by atoms with Gasteiger partial charge >= 0.3 is 0 Å². The molecule has 0 N–H and O–H groups in total. The zero-order valence-electron chi connectivity index (χ0n) is 12.6. The van der Waals surface area contributed by atoms with Crippen molar-refractivity contribution >= 4 is 16.6 Å². The molecule has 2 aromatic rings. The number of piperidine rings is 1. The third-order valence-corrected chi connectivity index (χ3v) is 4.31. The van der Waals surface area contributed by atoms with Crippen molar-refractivity contribution in [1.29, 1.82) is 5.26 Å². The van der Waals surface area contributed by atoms with E-state index < -0.39 is 0 Å². The molecule has 0 saturated carbocycles. The zero-order valence-corrected chi connectivity index (χ0v) is 12.6. The van der Waals surface area contributed by atoms with Gasteiger partial charge in [-0.2, -0.15) is 5.26 Å². The summed E-state index contributed by atoms with van der Waals surface area (Å²) < 4.78 is 0. The average Bonchev–Trinajstić information content (AvgIpc) is 2.53. The van der Waals surface area contributed by atoms with Crippen molar-refractivity contribution in [3.8, 4) is 6.07 Å². The minimum Gasteiger partial charge on any atom is -0.368 e. The molecule has 0 aliphatic carbocycles. The van der Waals surface area contributed by atoms with Crippen LogP contribution in [-0.4, -0.2) is 43.1 Å². The predicted molar refractivity (Wildman–Crippen MR) is 85.4 cm³/mol. The van der Waals surface area contributed by atoms with Crippen LogP contribution in [0.2, 0.25) is 0 Å². The first-order valence-corrected chi connectivity index (χ1v) is 7.40. The third-order valence-electron chi connectivity index (χ3n) is 4.31. The number of rotatable bonds is 2. The van der Waals surface area contributed by atoms with E-state index in [1.807, 2.05) is 18.2 Å². The fourth-order valence-electron chi connectivity index (χ4n) is 3.13. The highest BCUT2D eigenvalue weighted by Gasteiger charge is 2.24. The lowest BCUT2D eigenvalue weighted by Gasteiger charge is -2.38. The molecule has 2 heterocycles. The van der Waals surface area contributed by atoms with Crippen LogP contribution in [0.4, 0.5) is 5.69 Å². The first-order valence-electron chi connectivity index (χ1n) is 7.40. The molecule has 0 radical (unpaired) electrons. The number of aromatic nitrogens is 1. The van der Waals surface area contributed by atoms with Crippen LogP contribution in [0.15, 0.2) is 30.5 Å². The molecule has 1 unspecified atom stereocenters. The number of likely N-dealkylation sites (N-methyl/N-ethyl adjacent to an activating group) is 1. The van der Waals surface area contributed by atoms with Crippen LogP contribution in [0.25, 0.3) is 10.9 Å². The summed E-state index contributed by atoms with van der Waals surface area (Å²) in [5.74, 6) is 0. The molecule has 3 rings (SSSR count). The van der Waals surface area contributed by atoms with E-state index in [0.717, 1.165) is 36.1 Å². The molecule has 0 bridgehead atoms. The van der Waals surface area contributed by atoms with E-state index in [1.54, 1.807) is 6.20 Å². The van der Waals surface area contributed by atoms with Crippen molar-refractivity contribution in [1.82, 2.24) is 9.88 Å². The van der Waals surface area contributed by atoms with Crippen LogP contribution in [0.5, 0.6) is 0 Å². The second kappa shape index (κ2) is 5.71. The van der Waals surface area contributed by atoms with Crippen molar-refractivity contribution in [2.45, 2.75) is 18.9 Å². The van der Waals surface area contributed by atoms with Gasteiger partial charge in [0.05, 0.1) is 16.8 Å². The summed E-state index contributed by atoms with van der Waals surface area (Å²) in [6.45, 7) is 1.97. The molecule has 1 aromatic carbocycles. The van der Waals surface area contributed by atoms with E-state index in [4.69, 9.17) is 0 Å². The van der Waals surface area contributed by atoms with Gasteiger partial charge in [0, 0.05) is 30.7 Å². The molecule has 1 atom stereocenters. The standard InChI is InChI=1S/C17H20N4/c1-20(2)14-6-5-9-21(12-14)17-13(10-18)11-19-16-8-4-3-7-15(16)17/h3-4,7-8,11,14H,5-6,9,12H2,1-2H3. The van der Waals surface area contributed by atoms with Gasteiger partial charge < -0.3 is 9.80 Å². The Hall–Kier alpha value is -2.12. The second-order valence-electron chi connectivity index (χ2n) is 5.86. The summed E-state index contributed by atoms with van der Waals surface area (Å²) >= 11 is 0. The van der Waals surface area contributed by atoms with E-state index in [1.165, 1.54) is 6.42 Å². The molecule has 4 heteroatoms. The Morgan fingerprint density at radius 1 is 1.33 bits per heavy atom. The maximum absolute atomic E-state index is 9.46. The number of pyridine rings is 1. The second-order valence-corrected chi connectivity index (χ2v) is 5.86. The third kappa shape index (κ3) is 2.57. The number of fused-ring (bicyclic) bond motifs is 1. The SMILES string of the molecule is CN(C)C1CCCN(c2c(C#N)cnc3ccccc23)C1. The zero-order chi connectivity index (χ0) is 14.8.